The summed E-state index contributed by atoms with van der Waals surface area (Å²) in [5.41, 5.74) is 2.15. The monoisotopic (exact) mass is 326 g/mol. The number of benzene rings is 1. The van der Waals surface area contributed by atoms with Crippen LogP contribution in [0.15, 0.2) is 51.3 Å². The first-order chi connectivity index (χ1) is 11.7. The molecule has 0 aliphatic heterocycles. The number of rotatable bonds is 5. The number of hydrogen-bond acceptors (Lipinski definition) is 3. The van der Waals surface area contributed by atoms with Crippen LogP contribution in [0.5, 0.6) is 0 Å². The first-order valence-electron chi connectivity index (χ1n) is 8.38. The number of nitrogens with one attached hydrogen (secondary N) is 1. The van der Waals surface area contributed by atoms with E-state index < -0.39 is 5.63 Å². The molecule has 0 spiro atoms. The molecule has 126 valence electrons. The number of aryl methyl sites for hydroxylation is 1. The van der Waals surface area contributed by atoms with Crippen molar-refractivity contribution in [1.29, 1.82) is 0 Å². The lowest BCUT2D eigenvalue weighted by Gasteiger charge is -2.12. The number of carbonyl (C=O) groups excluding carboxylic acids is 1. The van der Waals surface area contributed by atoms with Crippen molar-refractivity contribution in [2.45, 2.75) is 32.1 Å². The highest BCUT2D eigenvalue weighted by molar-refractivity contribution is 5.99. The molecule has 1 N–H and O–H groups in total. The minimum atomic E-state index is -0.606. The van der Waals surface area contributed by atoms with E-state index in [1.165, 1.54) is 23.2 Å². The van der Waals surface area contributed by atoms with Crippen molar-refractivity contribution in [3.8, 4) is 11.3 Å². The van der Waals surface area contributed by atoms with E-state index in [-0.39, 0.29) is 11.5 Å². The normalized spacial score (nSPS) is 14.3. The minimum Gasteiger partial charge on any atom is -0.351 e. The van der Waals surface area contributed by atoms with E-state index in [1.807, 2.05) is 30.3 Å². The molecule has 1 aromatic heterocycles. The summed E-state index contributed by atoms with van der Waals surface area (Å²) in [4.78, 5) is 24.6. The average Bonchev–Trinajstić information content (AvgIpc) is 2.90. The molecule has 1 aliphatic carbocycles. The Labute approximate surface area is 140 Å². The fourth-order valence-electron chi connectivity index (χ4n) is 3.15. The second-order valence-electron chi connectivity index (χ2n) is 6.08. The maximum Gasteiger partial charge on any atom is 0.370 e. The quantitative estimate of drug-likeness (QED) is 0.858. The maximum absolute atomic E-state index is 12.5. The van der Waals surface area contributed by atoms with Crippen LogP contribution < -0.4 is 10.9 Å². The molecule has 0 radical (unpaired) electrons. The van der Waals surface area contributed by atoms with E-state index in [0.717, 1.165) is 24.8 Å². The lowest BCUT2D eigenvalue weighted by molar-refractivity contribution is 0.0952. The summed E-state index contributed by atoms with van der Waals surface area (Å²) < 4.78 is 6.46. The molecular formula is C19H22N2O3. The minimum absolute atomic E-state index is 0.0707. The van der Waals surface area contributed by atoms with Gasteiger partial charge in [0, 0.05) is 19.2 Å². The fourth-order valence-corrected chi connectivity index (χ4v) is 3.15. The summed E-state index contributed by atoms with van der Waals surface area (Å²) in [6.07, 6.45) is 7.82. The fraction of sp³-hybridized carbons (Fsp3) is 0.368. The van der Waals surface area contributed by atoms with Gasteiger partial charge in [0.15, 0.2) is 5.56 Å². The first-order valence-corrected chi connectivity index (χ1v) is 8.38. The van der Waals surface area contributed by atoms with Crippen molar-refractivity contribution in [2.75, 3.05) is 6.54 Å². The van der Waals surface area contributed by atoms with E-state index in [9.17, 15) is 9.59 Å². The number of amides is 1. The van der Waals surface area contributed by atoms with Crippen molar-refractivity contribution >= 4 is 5.91 Å². The number of carbonyl (C=O) groups is 1. The van der Waals surface area contributed by atoms with Crippen LogP contribution in [-0.2, 0) is 7.05 Å². The first kappa shape index (κ1) is 16.3. The van der Waals surface area contributed by atoms with E-state index in [0.29, 0.717) is 12.2 Å². The molecule has 3 rings (SSSR count). The molecule has 1 amide bonds. The number of hydrogen-bond donors (Lipinski definition) is 1. The molecule has 0 unspecified atom stereocenters. The SMILES string of the molecule is Cn1oc(=O)c(C(=O)NCCC2=CCCCC2)c1-c1ccccc1. The topological polar surface area (TPSA) is 64.2 Å². The van der Waals surface area contributed by atoms with E-state index in [4.69, 9.17) is 4.52 Å². The Balaban J connectivity index is 1.75. The molecule has 0 saturated heterocycles. The molecule has 0 bridgehead atoms. The van der Waals surface area contributed by atoms with Gasteiger partial charge in [0.05, 0.1) is 0 Å². The second kappa shape index (κ2) is 7.34. The van der Waals surface area contributed by atoms with Crippen molar-refractivity contribution in [2.24, 2.45) is 7.05 Å². The van der Waals surface area contributed by atoms with Gasteiger partial charge in [-0.2, -0.15) is 0 Å². The Hall–Kier alpha value is -2.56. The van der Waals surface area contributed by atoms with Crippen molar-refractivity contribution in [3.63, 3.8) is 0 Å². The van der Waals surface area contributed by atoms with Gasteiger partial charge in [-0.25, -0.2) is 9.53 Å². The largest absolute Gasteiger partial charge is 0.370 e. The molecule has 2 aromatic rings. The van der Waals surface area contributed by atoms with Crippen molar-refractivity contribution in [3.05, 3.63) is 58.0 Å². The van der Waals surface area contributed by atoms with Crippen LogP contribution in [0.3, 0.4) is 0 Å². The van der Waals surface area contributed by atoms with Crippen LogP contribution in [0, 0.1) is 0 Å². The third kappa shape index (κ3) is 3.50. The molecule has 0 fully saturated rings. The van der Waals surface area contributed by atoms with E-state index in [1.54, 1.807) is 7.05 Å². The van der Waals surface area contributed by atoms with Gasteiger partial charge in [-0.05, 0) is 32.1 Å². The van der Waals surface area contributed by atoms with E-state index in [2.05, 4.69) is 11.4 Å². The molecule has 1 aliphatic rings. The molecule has 24 heavy (non-hydrogen) atoms. The Kier molecular flexibility index (Phi) is 4.99. The summed E-state index contributed by atoms with van der Waals surface area (Å²) in [6, 6.07) is 9.33. The summed E-state index contributed by atoms with van der Waals surface area (Å²) >= 11 is 0. The second-order valence-corrected chi connectivity index (χ2v) is 6.08. The Morgan fingerprint density at radius 1 is 1.25 bits per heavy atom. The third-order valence-electron chi connectivity index (χ3n) is 4.37. The van der Waals surface area contributed by atoms with Crippen LogP contribution >= 0.6 is 0 Å². The van der Waals surface area contributed by atoms with Crippen LogP contribution in [0.25, 0.3) is 11.3 Å². The van der Waals surface area contributed by atoms with E-state index >= 15 is 0 Å². The highest BCUT2D eigenvalue weighted by atomic mass is 16.5. The summed E-state index contributed by atoms with van der Waals surface area (Å²) in [5.74, 6) is -0.375. The molecule has 1 aromatic carbocycles. The lowest BCUT2D eigenvalue weighted by atomic mass is 9.97. The zero-order valence-corrected chi connectivity index (χ0v) is 13.9. The summed E-state index contributed by atoms with van der Waals surface area (Å²) in [5, 5.41) is 2.86. The van der Waals surface area contributed by atoms with Gasteiger partial charge >= 0.3 is 5.63 Å². The van der Waals surface area contributed by atoms with Crippen LogP contribution in [0.1, 0.15) is 42.5 Å². The molecular weight excluding hydrogens is 304 g/mol. The van der Waals surface area contributed by atoms with Gasteiger partial charge in [0.1, 0.15) is 5.69 Å². The zero-order chi connectivity index (χ0) is 16.9. The maximum atomic E-state index is 12.5. The smallest absolute Gasteiger partial charge is 0.351 e. The Morgan fingerprint density at radius 2 is 2.04 bits per heavy atom. The average molecular weight is 326 g/mol. The van der Waals surface area contributed by atoms with Crippen LogP contribution in [0.2, 0.25) is 0 Å². The van der Waals surface area contributed by atoms with Gasteiger partial charge < -0.3 is 9.84 Å². The zero-order valence-electron chi connectivity index (χ0n) is 13.9. The van der Waals surface area contributed by atoms with Gasteiger partial charge in [0.2, 0.25) is 0 Å². The van der Waals surface area contributed by atoms with Gasteiger partial charge in [-0.3, -0.25) is 4.79 Å². The summed E-state index contributed by atoms with van der Waals surface area (Å²) in [7, 11) is 1.63. The van der Waals surface area contributed by atoms with Gasteiger partial charge in [-0.1, -0.05) is 42.0 Å². The Bertz CT molecular complexity index is 800. The molecule has 0 saturated carbocycles. The van der Waals surface area contributed by atoms with Crippen LogP contribution in [-0.4, -0.2) is 17.2 Å². The molecule has 1 heterocycles. The van der Waals surface area contributed by atoms with Crippen molar-refractivity contribution < 1.29 is 9.32 Å². The predicted molar refractivity (Wildman–Crippen MR) is 92.9 cm³/mol. The number of nitrogens with zero attached hydrogens (tertiary/aromatic N) is 1. The number of aromatic nitrogens is 1. The highest BCUT2D eigenvalue weighted by Gasteiger charge is 2.23. The van der Waals surface area contributed by atoms with Crippen molar-refractivity contribution in [1.82, 2.24) is 10.1 Å². The van der Waals surface area contributed by atoms with Gasteiger partial charge in [-0.15, -0.1) is 0 Å². The predicted octanol–water partition coefficient (Wildman–Crippen LogP) is 3.27. The highest BCUT2D eigenvalue weighted by Crippen LogP contribution is 2.22. The molecule has 0 atom stereocenters. The van der Waals surface area contributed by atoms with Crippen LogP contribution in [0.4, 0.5) is 0 Å². The summed E-state index contributed by atoms with van der Waals surface area (Å²) in [6.45, 7) is 0.535. The Morgan fingerprint density at radius 3 is 2.75 bits per heavy atom. The molecule has 5 nitrogen and oxygen atoms in total. The van der Waals surface area contributed by atoms with Gasteiger partial charge in [0.25, 0.3) is 5.91 Å². The number of allylic oxidation sites excluding steroid dienone is 1. The standard InChI is InChI=1S/C19H22N2O3/c1-21-17(15-10-6-3-7-11-15)16(19(23)24-21)18(22)20-13-12-14-8-4-2-5-9-14/h3,6-8,10-11H,2,4-5,9,12-13H2,1H3,(H,20,22). The molecule has 5 heteroatoms. The lowest BCUT2D eigenvalue weighted by Crippen LogP contribution is -2.28. The third-order valence-corrected chi connectivity index (χ3v) is 4.37.